The van der Waals surface area contributed by atoms with Crippen molar-refractivity contribution in [1.29, 1.82) is 0 Å². The second-order valence-electron chi connectivity index (χ2n) is 9.42. The predicted molar refractivity (Wildman–Crippen MR) is 119 cm³/mol. The molecular formula is C24H37N3O4. The summed E-state index contributed by atoms with van der Waals surface area (Å²) in [6.07, 6.45) is 14.9. The lowest BCUT2D eigenvalue weighted by Gasteiger charge is -2.29. The molecule has 4 N–H and O–H groups in total. The Morgan fingerprint density at radius 3 is 2.90 bits per heavy atom. The number of fused-ring (bicyclic) bond motifs is 1. The molecule has 0 aromatic carbocycles. The summed E-state index contributed by atoms with van der Waals surface area (Å²) in [5.41, 5.74) is 2.54. The summed E-state index contributed by atoms with van der Waals surface area (Å²) >= 11 is 0. The van der Waals surface area contributed by atoms with Crippen molar-refractivity contribution in [3.8, 4) is 0 Å². The predicted octanol–water partition coefficient (Wildman–Crippen LogP) is 1.79. The van der Waals surface area contributed by atoms with Gasteiger partial charge in [0.15, 0.2) is 0 Å². The first kappa shape index (κ1) is 22.5. The molecule has 2 aliphatic carbocycles. The van der Waals surface area contributed by atoms with Gasteiger partial charge in [-0.2, -0.15) is 5.06 Å². The van der Waals surface area contributed by atoms with Crippen LogP contribution in [0.3, 0.4) is 0 Å². The van der Waals surface area contributed by atoms with Crippen LogP contribution in [0.1, 0.15) is 51.9 Å². The Hall–Kier alpha value is -1.67. The van der Waals surface area contributed by atoms with E-state index in [0.717, 1.165) is 25.7 Å². The third kappa shape index (κ3) is 5.06. The number of hydroxylamine groups is 2. The van der Waals surface area contributed by atoms with Crippen LogP contribution in [-0.2, 0) is 9.63 Å². The van der Waals surface area contributed by atoms with Gasteiger partial charge in [-0.3, -0.25) is 9.63 Å². The fraction of sp³-hybridized carbons (Fsp3) is 0.708. The Morgan fingerprint density at radius 2 is 2.16 bits per heavy atom. The Labute approximate surface area is 185 Å². The standard InChI is InChI=1S/C24H37N3O4/c1-16(29)23-20(15-28)22(27(31-23)14-17-7-3-2-4-8-17)24(30)25-12-11-18-13-26-21-10-6-5-9-19(18)21/h5-6,9,13,16-17,20-23,26,28-29H,2-4,7-8,10-12,14-15H2,1H3,(H,25,30)/t16?,20-,21?,22-,23-/m0/s1. The molecule has 2 aliphatic heterocycles. The van der Waals surface area contributed by atoms with E-state index in [9.17, 15) is 15.0 Å². The summed E-state index contributed by atoms with van der Waals surface area (Å²) < 4.78 is 0. The third-order valence-corrected chi connectivity index (χ3v) is 7.19. The van der Waals surface area contributed by atoms with Crippen molar-refractivity contribution in [3.63, 3.8) is 0 Å². The summed E-state index contributed by atoms with van der Waals surface area (Å²) in [4.78, 5) is 19.2. The number of nitrogens with one attached hydrogen (secondary N) is 2. The van der Waals surface area contributed by atoms with Crippen LogP contribution < -0.4 is 10.6 Å². The molecule has 0 aromatic rings. The largest absolute Gasteiger partial charge is 0.396 e. The van der Waals surface area contributed by atoms with E-state index >= 15 is 0 Å². The average molecular weight is 432 g/mol. The first-order valence-corrected chi connectivity index (χ1v) is 11.9. The SMILES string of the molecule is CC(O)[C@@H]1ON(CC2CCCCC2)[C@H](C(=O)NCCC2=CNC3CC=CC=C23)[C@@H]1CO. The fourth-order valence-corrected chi connectivity index (χ4v) is 5.49. The quantitative estimate of drug-likeness (QED) is 0.468. The number of rotatable bonds is 8. The molecule has 7 heteroatoms. The minimum Gasteiger partial charge on any atom is -0.396 e. The van der Waals surface area contributed by atoms with E-state index in [1.807, 2.05) is 0 Å². The zero-order valence-electron chi connectivity index (χ0n) is 18.5. The molecule has 2 unspecified atom stereocenters. The first-order valence-electron chi connectivity index (χ1n) is 11.9. The maximum atomic E-state index is 13.2. The lowest BCUT2D eigenvalue weighted by atomic mass is 9.88. The first-order chi connectivity index (χ1) is 15.1. The number of carbonyl (C=O) groups is 1. The van der Waals surface area contributed by atoms with Gasteiger partial charge in [-0.15, -0.1) is 0 Å². The lowest BCUT2D eigenvalue weighted by Crippen LogP contribution is -2.49. The molecule has 31 heavy (non-hydrogen) atoms. The number of aliphatic hydroxyl groups excluding tert-OH is 2. The van der Waals surface area contributed by atoms with E-state index in [1.54, 1.807) is 12.0 Å². The van der Waals surface area contributed by atoms with Crippen molar-refractivity contribution in [2.45, 2.75) is 76.2 Å². The molecule has 1 amide bonds. The number of aliphatic hydroxyl groups is 2. The summed E-state index contributed by atoms with van der Waals surface area (Å²) in [6, 6.07) is -0.220. The van der Waals surface area contributed by atoms with Crippen molar-refractivity contribution in [3.05, 3.63) is 35.6 Å². The van der Waals surface area contributed by atoms with E-state index in [1.165, 1.54) is 30.4 Å². The number of carbonyl (C=O) groups excluding carboxylic acids is 1. The second-order valence-corrected chi connectivity index (χ2v) is 9.42. The molecule has 0 radical (unpaired) electrons. The second kappa shape index (κ2) is 10.3. The number of amides is 1. The summed E-state index contributed by atoms with van der Waals surface area (Å²) in [5.74, 6) is -0.0701. The molecule has 4 aliphatic rings. The number of allylic oxidation sites excluding steroid dienone is 2. The smallest absolute Gasteiger partial charge is 0.240 e. The van der Waals surface area contributed by atoms with Crippen molar-refractivity contribution in [2.24, 2.45) is 11.8 Å². The fourth-order valence-electron chi connectivity index (χ4n) is 5.49. The van der Waals surface area contributed by atoms with Crippen LogP contribution in [0, 0.1) is 11.8 Å². The molecule has 2 fully saturated rings. The van der Waals surface area contributed by atoms with E-state index in [0.29, 0.717) is 25.0 Å². The van der Waals surface area contributed by atoms with Crippen LogP contribution in [0.2, 0.25) is 0 Å². The van der Waals surface area contributed by atoms with Crippen molar-refractivity contribution in [2.75, 3.05) is 19.7 Å². The third-order valence-electron chi connectivity index (χ3n) is 7.19. The molecule has 1 saturated carbocycles. The van der Waals surface area contributed by atoms with Crippen molar-refractivity contribution >= 4 is 5.91 Å². The minimum absolute atomic E-state index is 0.126. The highest BCUT2D eigenvalue weighted by Gasteiger charge is 2.49. The van der Waals surface area contributed by atoms with Gasteiger partial charge in [-0.05, 0) is 49.7 Å². The number of nitrogens with zero attached hydrogens (tertiary/aromatic N) is 1. The van der Waals surface area contributed by atoms with Gasteiger partial charge in [0.05, 0.1) is 18.8 Å². The van der Waals surface area contributed by atoms with Crippen LogP contribution in [0.15, 0.2) is 35.6 Å². The van der Waals surface area contributed by atoms with Gasteiger partial charge in [0, 0.05) is 25.2 Å². The van der Waals surface area contributed by atoms with Crippen molar-refractivity contribution < 1.29 is 19.8 Å². The zero-order valence-corrected chi connectivity index (χ0v) is 18.5. The van der Waals surface area contributed by atoms with Crippen molar-refractivity contribution in [1.82, 2.24) is 15.7 Å². The summed E-state index contributed by atoms with van der Waals surface area (Å²) in [5, 5.41) is 28.4. The van der Waals surface area contributed by atoms with Gasteiger partial charge in [-0.25, -0.2) is 0 Å². The van der Waals surface area contributed by atoms with Crippen LogP contribution in [0.4, 0.5) is 0 Å². The van der Waals surface area contributed by atoms with Gasteiger partial charge in [0.2, 0.25) is 5.91 Å². The van der Waals surface area contributed by atoms with Crippen LogP contribution >= 0.6 is 0 Å². The molecule has 5 atom stereocenters. The van der Waals surface area contributed by atoms with Gasteiger partial charge in [-0.1, -0.05) is 37.5 Å². The van der Waals surface area contributed by atoms with E-state index in [4.69, 9.17) is 4.84 Å². The molecule has 0 aromatic heterocycles. The van der Waals surface area contributed by atoms with Gasteiger partial charge in [0.25, 0.3) is 0 Å². The minimum atomic E-state index is -0.748. The Balaban J connectivity index is 1.37. The molecule has 172 valence electrons. The topological polar surface area (TPSA) is 94.1 Å². The van der Waals surface area contributed by atoms with E-state index in [-0.39, 0.29) is 12.5 Å². The molecular weight excluding hydrogens is 394 g/mol. The highest BCUT2D eigenvalue weighted by molar-refractivity contribution is 5.82. The van der Waals surface area contributed by atoms with Crippen LogP contribution in [0.5, 0.6) is 0 Å². The maximum Gasteiger partial charge on any atom is 0.240 e. The lowest BCUT2D eigenvalue weighted by molar-refractivity contribution is -0.192. The van der Waals surface area contributed by atoms with Gasteiger partial charge >= 0.3 is 0 Å². The molecule has 0 spiro atoms. The number of hydrogen-bond donors (Lipinski definition) is 4. The molecule has 4 rings (SSSR count). The highest BCUT2D eigenvalue weighted by Crippen LogP contribution is 2.34. The average Bonchev–Trinajstić information content (AvgIpc) is 3.36. The van der Waals surface area contributed by atoms with Crippen LogP contribution in [-0.4, -0.2) is 65.2 Å². The monoisotopic (exact) mass is 431 g/mol. The normalized spacial score (nSPS) is 32.2. The van der Waals surface area contributed by atoms with Gasteiger partial charge in [0.1, 0.15) is 12.1 Å². The molecule has 1 saturated heterocycles. The molecule has 2 heterocycles. The van der Waals surface area contributed by atoms with Crippen LogP contribution in [0.25, 0.3) is 0 Å². The Kier molecular flexibility index (Phi) is 7.48. The zero-order chi connectivity index (χ0) is 21.8. The summed E-state index contributed by atoms with van der Waals surface area (Å²) in [7, 11) is 0. The maximum absolute atomic E-state index is 13.2. The van der Waals surface area contributed by atoms with Gasteiger partial charge < -0.3 is 20.8 Å². The number of hydrogen-bond acceptors (Lipinski definition) is 6. The molecule has 7 nitrogen and oxygen atoms in total. The van der Waals surface area contributed by atoms with E-state index < -0.39 is 24.2 Å². The van der Waals surface area contributed by atoms with E-state index in [2.05, 4.69) is 35.1 Å². The Morgan fingerprint density at radius 1 is 1.35 bits per heavy atom. The highest BCUT2D eigenvalue weighted by atomic mass is 16.7. The summed E-state index contributed by atoms with van der Waals surface area (Å²) in [6.45, 7) is 2.68. The molecule has 0 bridgehead atoms. The Bertz CT molecular complexity index is 726.